The van der Waals surface area contributed by atoms with Crippen LogP contribution in [0.2, 0.25) is 0 Å². The van der Waals surface area contributed by atoms with Gasteiger partial charge >= 0.3 is 0 Å². The van der Waals surface area contributed by atoms with E-state index in [9.17, 15) is 14.4 Å². The fraction of sp³-hybridized carbons (Fsp3) is 0.459. The van der Waals surface area contributed by atoms with Crippen LogP contribution in [0.25, 0.3) is 16.6 Å². The molecule has 0 bridgehead atoms. The summed E-state index contributed by atoms with van der Waals surface area (Å²) in [4.78, 5) is 55.7. The number of aromatic nitrogens is 2. The zero-order valence-electron chi connectivity index (χ0n) is 27.9. The van der Waals surface area contributed by atoms with Crippen molar-refractivity contribution in [2.24, 2.45) is 16.6 Å². The number of piperidine rings is 1. The van der Waals surface area contributed by atoms with Crippen LogP contribution in [0.1, 0.15) is 78.7 Å². The van der Waals surface area contributed by atoms with Crippen molar-refractivity contribution in [2.45, 2.75) is 70.1 Å². The van der Waals surface area contributed by atoms with Crippen LogP contribution in [-0.4, -0.2) is 88.6 Å². The first kappa shape index (κ1) is 32.8. The van der Waals surface area contributed by atoms with Crippen molar-refractivity contribution >= 4 is 46.2 Å². The number of ether oxygens (including phenoxy) is 1. The molecule has 1 aliphatic carbocycles. The Hall–Kier alpha value is -4.68. The first-order chi connectivity index (χ1) is 23.9. The second-order valence-electron chi connectivity index (χ2n) is 13.6. The maximum Gasteiger partial charge on any atom is 0.255 e. The zero-order valence-corrected chi connectivity index (χ0v) is 27.9. The summed E-state index contributed by atoms with van der Waals surface area (Å²) in [6, 6.07) is 11.6. The molecule has 2 atom stereocenters. The molecule has 1 aromatic heterocycles. The number of amides is 3. The molecule has 1 saturated carbocycles. The maximum atomic E-state index is 13.3. The van der Waals surface area contributed by atoms with E-state index in [1.165, 1.54) is 5.56 Å². The van der Waals surface area contributed by atoms with Crippen LogP contribution in [0.3, 0.4) is 0 Å². The summed E-state index contributed by atoms with van der Waals surface area (Å²) >= 11 is 0. The molecule has 256 valence electrons. The second-order valence-corrected chi connectivity index (χ2v) is 13.6. The van der Waals surface area contributed by atoms with E-state index in [-0.39, 0.29) is 30.3 Å². The maximum absolute atomic E-state index is 13.3. The number of carbonyl (C=O) groups is 3. The highest BCUT2D eigenvalue weighted by Gasteiger charge is 2.43. The van der Waals surface area contributed by atoms with E-state index < -0.39 is 11.9 Å². The van der Waals surface area contributed by atoms with Gasteiger partial charge in [-0.3, -0.25) is 34.6 Å². The lowest BCUT2D eigenvalue weighted by atomic mass is 9.78. The summed E-state index contributed by atoms with van der Waals surface area (Å²) in [5, 5.41) is 5.84. The summed E-state index contributed by atoms with van der Waals surface area (Å²) < 4.78 is 5.47. The fourth-order valence-corrected chi connectivity index (χ4v) is 7.41. The van der Waals surface area contributed by atoms with Crippen molar-refractivity contribution in [3.8, 4) is 0 Å². The van der Waals surface area contributed by atoms with Gasteiger partial charge in [0, 0.05) is 61.8 Å². The first-order valence-electron chi connectivity index (χ1n) is 17.4. The van der Waals surface area contributed by atoms with Crippen LogP contribution in [0.5, 0.6) is 0 Å². The van der Waals surface area contributed by atoms with E-state index >= 15 is 0 Å². The molecule has 2 unspecified atom stereocenters. The quantitative estimate of drug-likeness (QED) is 0.158. The number of nitrogens with one attached hydrogen (secondary N) is 2. The Morgan fingerprint density at radius 1 is 1.12 bits per heavy atom. The smallest absolute Gasteiger partial charge is 0.255 e. The van der Waals surface area contributed by atoms with Gasteiger partial charge in [-0.25, -0.2) is 4.98 Å². The van der Waals surface area contributed by atoms with Crippen molar-refractivity contribution in [1.82, 2.24) is 25.1 Å². The monoisotopic (exact) mass is 664 g/mol. The minimum Gasteiger partial charge on any atom is -0.404 e. The Kier molecular flexibility index (Phi) is 9.67. The van der Waals surface area contributed by atoms with Crippen molar-refractivity contribution in [3.05, 3.63) is 71.2 Å². The highest BCUT2D eigenvalue weighted by molar-refractivity contribution is 6.09. The predicted octanol–water partition coefficient (Wildman–Crippen LogP) is 3.83. The molecule has 2 saturated heterocycles. The number of morpholine rings is 1. The number of allylic oxidation sites excluding steroid dienone is 1. The zero-order chi connectivity index (χ0) is 33.9. The van der Waals surface area contributed by atoms with E-state index in [0.717, 1.165) is 98.6 Å². The lowest BCUT2D eigenvalue weighted by Gasteiger charge is -2.32. The van der Waals surface area contributed by atoms with E-state index in [0.29, 0.717) is 17.9 Å². The predicted molar refractivity (Wildman–Crippen MR) is 188 cm³/mol. The molecule has 0 spiro atoms. The normalized spacial score (nSPS) is 24.7. The highest BCUT2D eigenvalue weighted by Crippen LogP contribution is 2.38. The number of rotatable bonds is 11. The molecule has 4 heterocycles. The molecule has 0 radical (unpaired) electrons. The van der Waals surface area contributed by atoms with Gasteiger partial charge in [0.25, 0.3) is 5.91 Å². The minimum atomic E-state index is -0.621. The van der Waals surface area contributed by atoms with Crippen molar-refractivity contribution < 1.29 is 19.1 Å². The summed E-state index contributed by atoms with van der Waals surface area (Å²) in [6.07, 6.45) is 9.96. The fourth-order valence-electron chi connectivity index (χ4n) is 7.41. The molecular weight excluding hydrogens is 620 g/mol. The Bertz CT molecular complexity index is 1800. The third-order valence-electron chi connectivity index (χ3n) is 10.3. The molecule has 3 amide bonds. The summed E-state index contributed by atoms with van der Waals surface area (Å²) in [6.45, 7) is 7.03. The molecule has 7 rings (SSSR count). The van der Waals surface area contributed by atoms with Crippen LogP contribution >= 0.6 is 0 Å². The largest absolute Gasteiger partial charge is 0.404 e. The lowest BCUT2D eigenvalue weighted by Crippen LogP contribution is -2.53. The van der Waals surface area contributed by atoms with Crippen LogP contribution in [0, 0.1) is 5.92 Å². The van der Waals surface area contributed by atoms with Crippen LogP contribution in [-0.2, 0) is 20.9 Å². The number of imide groups is 1. The Morgan fingerprint density at radius 3 is 2.76 bits per heavy atom. The van der Waals surface area contributed by atoms with Gasteiger partial charge in [0.1, 0.15) is 6.04 Å². The molecule has 3 aliphatic heterocycles. The number of anilines is 1. The number of hydrogen-bond acceptors (Lipinski definition) is 10. The van der Waals surface area contributed by atoms with Gasteiger partial charge in [-0.2, -0.15) is 0 Å². The van der Waals surface area contributed by atoms with Gasteiger partial charge in [-0.05, 0) is 80.3 Å². The average molecular weight is 665 g/mol. The Morgan fingerprint density at radius 2 is 1.96 bits per heavy atom. The van der Waals surface area contributed by atoms with Gasteiger partial charge in [-0.1, -0.05) is 12.1 Å². The average Bonchev–Trinajstić information content (AvgIpc) is 3.33. The number of fused-ring (bicyclic) bond motifs is 2. The molecule has 4 aliphatic rings. The Balaban J connectivity index is 0.862. The van der Waals surface area contributed by atoms with E-state index in [1.54, 1.807) is 17.3 Å². The van der Waals surface area contributed by atoms with Gasteiger partial charge in [0.2, 0.25) is 11.8 Å². The van der Waals surface area contributed by atoms with Crippen LogP contribution in [0.15, 0.2) is 53.8 Å². The summed E-state index contributed by atoms with van der Waals surface area (Å²) in [7, 11) is 0. The van der Waals surface area contributed by atoms with E-state index in [2.05, 4.69) is 32.7 Å². The van der Waals surface area contributed by atoms with Crippen LogP contribution in [0.4, 0.5) is 5.69 Å². The molecular formula is C37H44N8O4. The highest BCUT2D eigenvalue weighted by atomic mass is 16.5. The standard InChI is InChI=1S/C37H44N8O4/c1-23-29-6-5-27(18-30(29)37(48)45(23)34-8-9-35(46)43-36(34)47)39-10-2-3-24-15-28(16-24)40-20-26(19-38)33-21-41-31-7-4-25(17-32(31)42-33)22-44-11-13-49-14-12-44/h4-7,17-21,23-24,28,34,39H,2-3,8-16,22,38H2,1H3,(H,43,46,47). The molecule has 12 heteroatoms. The van der Waals surface area contributed by atoms with Gasteiger partial charge in [0.15, 0.2) is 0 Å². The third-order valence-corrected chi connectivity index (χ3v) is 10.3. The number of nitrogens with zero attached hydrogens (tertiary/aromatic N) is 5. The topological polar surface area (TPSA) is 155 Å². The van der Waals surface area contributed by atoms with Crippen molar-refractivity contribution in [3.63, 3.8) is 0 Å². The van der Waals surface area contributed by atoms with E-state index in [1.807, 2.05) is 37.4 Å². The SMILES string of the molecule is CC1c2ccc(NCCCC3CC(N=CC(=CN)c4cnc5ccc(CN6CCOCC6)cc5n4)C3)cc2C(=O)N1C1CCC(=O)NC1=O. The lowest BCUT2D eigenvalue weighted by molar-refractivity contribution is -0.137. The minimum absolute atomic E-state index is 0.157. The van der Waals surface area contributed by atoms with Crippen LogP contribution < -0.4 is 16.4 Å². The van der Waals surface area contributed by atoms with Gasteiger partial charge in [0.05, 0.1) is 48.2 Å². The molecule has 3 fully saturated rings. The number of benzene rings is 2. The van der Waals surface area contributed by atoms with E-state index in [4.69, 9.17) is 20.4 Å². The molecule has 2 aromatic carbocycles. The number of nitrogens with two attached hydrogens (primary N) is 1. The second kappa shape index (κ2) is 14.4. The molecule has 3 aromatic rings. The number of carbonyl (C=O) groups excluding carboxylic acids is 3. The third kappa shape index (κ3) is 7.20. The molecule has 49 heavy (non-hydrogen) atoms. The molecule has 12 nitrogen and oxygen atoms in total. The first-order valence-corrected chi connectivity index (χ1v) is 17.4. The Labute approximate surface area is 286 Å². The summed E-state index contributed by atoms with van der Waals surface area (Å²) in [5.41, 5.74) is 12.8. The van der Waals surface area contributed by atoms with Gasteiger partial charge in [-0.15, -0.1) is 0 Å². The van der Waals surface area contributed by atoms with Gasteiger partial charge < -0.3 is 20.7 Å². The number of hydrogen-bond donors (Lipinski definition) is 3. The van der Waals surface area contributed by atoms with Crippen molar-refractivity contribution in [2.75, 3.05) is 38.2 Å². The van der Waals surface area contributed by atoms with Crippen molar-refractivity contribution in [1.29, 1.82) is 0 Å². The summed E-state index contributed by atoms with van der Waals surface area (Å²) in [5.74, 6) is -0.204. The number of aliphatic imine (C=N–C) groups is 1. The molecule has 4 N–H and O–H groups in total.